The van der Waals surface area contributed by atoms with Crippen LogP contribution < -0.4 is 5.73 Å². The molecule has 1 heterocycles. The van der Waals surface area contributed by atoms with Gasteiger partial charge in [-0.2, -0.15) is 0 Å². The van der Waals surface area contributed by atoms with E-state index in [1.54, 1.807) is 4.90 Å². The Morgan fingerprint density at radius 1 is 1.60 bits per heavy atom. The number of amides is 2. The number of hydrogen-bond donors (Lipinski definition) is 1. The minimum atomic E-state index is -0.314. The van der Waals surface area contributed by atoms with Gasteiger partial charge in [0.15, 0.2) is 0 Å². The molecule has 1 aliphatic heterocycles. The van der Waals surface area contributed by atoms with Crippen molar-refractivity contribution in [2.45, 2.75) is 25.8 Å². The summed E-state index contributed by atoms with van der Waals surface area (Å²) in [5.74, 6) is 2.63. The summed E-state index contributed by atoms with van der Waals surface area (Å²) in [5, 5.41) is 0. The van der Waals surface area contributed by atoms with E-state index in [2.05, 4.69) is 10.8 Å². The summed E-state index contributed by atoms with van der Waals surface area (Å²) in [6, 6.07) is -0.104. The van der Waals surface area contributed by atoms with Crippen LogP contribution in [0.4, 0.5) is 4.79 Å². The van der Waals surface area contributed by atoms with Crippen LogP contribution in [0.5, 0.6) is 0 Å². The summed E-state index contributed by atoms with van der Waals surface area (Å²) in [4.78, 5) is 15.1. The van der Waals surface area contributed by atoms with Gasteiger partial charge >= 0.3 is 6.03 Å². The molecule has 1 fully saturated rings. The first-order chi connectivity index (χ1) is 7.15. The van der Waals surface area contributed by atoms with Gasteiger partial charge < -0.3 is 10.6 Å². The van der Waals surface area contributed by atoms with E-state index in [1.165, 1.54) is 0 Å². The summed E-state index contributed by atoms with van der Waals surface area (Å²) in [7, 11) is 0. The largest absolute Gasteiger partial charge is 0.351 e. The second kappa shape index (κ2) is 5.62. The molecule has 2 amide bonds. The van der Waals surface area contributed by atoms with E-state index >= 15 is 0 Å². The topological polar surface area (TPSA) is 49.6 Å². The van der Waals surface area contributed by atoms with E-state index in [0.29, 0.717) is 0 Å². The van der Waals surface area contributed by atoms with E-state index in [9.17, 15) is 4.79 Å². The van der Waals surface area contributed by atoms with Gasteiger partial charge in [0.2, 0.25) is 0 Å². The Balaban J connectivity index is 2.31. The number of unbranched alkanes of at least 4 members (excludes halogenated alkanes) is 1. The van der Waals surface area contributed by atoms with E-state index in [1.807, 2.05) is 6.92 Å². The van der Waals surface area contributed by atoms with Crippen molar-refractivity contribution in [3.05, 3.63) is 0 Å². The molecule has 84 valence electrons. The maximum Gasteiger partial charge on any atom is 0.315 e. The van der Waals surface area contributed by atoms with Crippen molar-refractivity contribution in [2.24, 2.45) is 5.73 Å². The van der Waals surface area contributed by atoms with Gasteiger partial charge in [-0.3, -0.25) is 4.90 Å². The molecule has 0 aliphatic carbocycles. The molecule has 2 N–H and O–H groups in total. The third kappa shape index (κ3) is 3.45. The lowest BCUT2D eigenvalue weighted by Crippen LogP contribution is -2.55. The maximum atomic E-state index is 11.0. The second-order valence-electron chi connectivity index (χ2n) is 3.99. The van der Waals surface area contributed by atoms with Gasteiger partial charge in [-0.1, -0.05) is 0 Å². The summed E-state index contributed by atoms with van der Waals surface area (Å²) < 4.78 is 0. The Kier molecular flexibility index (Phi) is 4.44. The Labute approximate surface area is 91.4 Å². The minimum absolute atomic E-state index is 0.210. The smallest absolute Gasteiger partial charge is 0.315 e. The lowest BCUT2D eigenvalue weighted by molar-refractivity contribution is 0.106. The summed E-state index contributed by atoms with van der Waals surface area (Å²) in [6.45, 7) is 5.57. The average Bonchev–Trinajstić information content (AvgIpc) is 2.17. The van der Waals surface area contributed by atoms with Crippen molar-refractivity contribution in [3.63, 3.8) is 0 Å². The molecule has 4 heteroatoms. The SMILES string of the molecule is C#CCCCN1CCN(C(N)=O)C(C)C1. The maximum absolute atomic E-state index is 11.0. The predicted octanol–water partition coefficient (Wildman–Crippen LogP) is 0.485. The molecular formula is C11H19N3O. The molecule has 4 nitrogen and oxygen atoms in total. The number of terminal acetylenes is 1. The molecule has 0 saturated carbocycles. The van der Waals surface area contributed by atoms with Crippen molar-refractivity contribution in [1.29, 1.82) is 0 Å². The van der Waals surface area contributed by atoms with E-state index in [0.717, 1.165) is 39.0 Å². The predicted molar refractivity (Wildman–Crippen MR) is 60.3 cm³/mol. The van der Waals surface area contributed by atoms with Gasteiger partial charge in [0, 0.05) is 32.1 Å². The number of nitrogens with two attached hydrogens (primary N) is 1. The van der Waals surface area contributed by atoms with Gasteiger partial charge in [0.1, 0.15) is 0 Å². The highest BCUT2D eigenvalue weighted by Crippen LogP contribution is 2.09. The van der Waals surface area contributed by atoms with Gasteiger partial charge in [0.25, 0.3) is 0 Å². The second-order valence-corrected chi connectivity index (χ2v) is 3.99. The average molecular weight is 209 g/mol. The summed E-state index contributed by atoms with van der Waals surface area (Å²) >= 11 is 0. The molecule has 1 rings (SSSR count). The number of primary amides is 1. The highest BCUT2D eigenvalue weighted by molar-refractivity contribution is 5.72. The zero-order valence-corrected chi connectivity index (χ0v) is 9.28. The molecule has 1 unspecified atom stereocenters. The Morgan fingerprint density at radius 2 is 2.33 bits per heavy atom. The molecular weight excluding hydrogens is 190 g/mol. The normalized spacial score (nSPS) is 22.4. The fraction of sp³-hybridized carbons (Fsp3) is 0.727. The van der Waals surface area contributed by atoms with Crippen molar-refractivity contribution in [2.75, 3.05) is 26.2 Å². The molecule has 0 bridgehead atoms. The Morgan fingerprint density at radius 3 is 2.87 bits per heavy atom. The molecule has 0 spiro atoms. The van der Waals surface area contributed by atoms with Crippen molar-refractivity contribution in [1.82, 2.24) is 9.80 Å². The first-order valence-corrected chi connectivity index (χ1v) is 5.37. The zero-order chi connectivity index (χ0) is 11.3. The molecule has 1 saturated heterocycles. The van der Waals surface area contributed by atoms with E-state index in [-0.39, 0.29) is 12.1 Å². The molecule has 0 aromatic carbocycles. The van der Waals surface area contributed by atoms with Crippen molar-refractivity contribution < 1.29 is 4.79 Å². The van der Waals surface area contributed by atoms with Crippen LogP contribution in [-0.2, 0) is 0 Å². The molecule has 15 heavy (non-hydrogen) atoms. The summed E-state index contributed by atoms with van der Waals surface area (Å²) in [5.41, 5.74) is 5.27. The third-order valence-electron chi connectivity index (χ3n) is 2.79. The summed E-state index contributed by atoms with van der Waals surface area (Å²) in [6.07, 6.45) is 7.05. The molecule has 1 atom stereocenters. The third-order valence-corrected chi connectivity index (χ3v) is 2.79. The van der Waals surface area contributed by atoms with Crippen LogP contribution in [0.25, 0.3) is 0 Å². The van der Waals surface area contributed by atoms with Gasteiger partial charge in [-0.25, -0.2) is 4.79 Å². The zero-order valence-electron chi connectivity index (χ0n) is 9.28. The number of carbonyl (C=O) groups is 1. The highest BCUT2D eigenvalue weighted by atomic mass is 16.2. The number of piperazine rings is 1. The van der Waals surface area contributed by atoms with Crippen LogP contribution >= 0.6 is 0 Å². The number of hydrogen-bond acceptors (Lipinski definition) is 2. The number of urea groups is 1. The monoisotopic (exact) mass is 209 g/mol. The van der Waals surface area contributed by atoms with Crippen LogP contribution in [0.2, 0.25) is 0 Å². The quantitative estimate of drug-likeness (QED) is 0.543. The van der Waals surface area contributed by atoms with Crippen LogP contribution in [0.3, 0.4) is 0 Å². The molecule has 1 aliphatic rings. The number of rotatable bonds is 3. The Hall–Kier alpha value is -1.21. The number of nitrogens with zero attached hydrogens (tertiary/aromatic N) is 2. The fourth-order valence-corrected chi connectivity index (χ4v) is 1.97. The van der Waals surface area contributed by atoms with Crippen LogP contribution in [-0.4, -0.2) is 48.1 Å². The first kappa shape index (κ1) is 11.9. The van der Waals surface area contributed by atoms with Crippen LogP contribution in [0, 0.1) is 12.3 Å². The van der Waals surface area contributed by atoms with E-state index < -0.39 is 0 Å². The first-order valence-electron chi connectivity index (χ1n) is 5.37. The van der Waals surface area contributed by atoms with Gasteiger partial charge in [-0.05, 0) is 19.9 Å². The molecule has 0 aromatic heterocycles. The fourth-order valence-electron chi connectivity index (χ4n) is 1.97. The minimum Gasteiger partial charge on any atom is -0.351 e. The van der Waals surface area contributed by atoms with Crippen LogP contribution in [0.15, 0.2) is 0 Å². The highest BCUT2D eigenvalue weighted by Gasteiger charge is 2.25. The van der Waals surface area contributed by atoms with Crippen LogP contribution in [0.1, 0.15) is 19.8 Å². The lowest BCUT2D eigenvalue weighted by Gasteiger charge is -2.38. The van der Waals surface area contributed by atoms with Gasteiger partial charge in [-0.15, -0.1) is 12.3 Å². The standard InChI is InChI=1S/C11H19N3O/c1-3-4-5-6-13-7-8-14(11(12)15)10(2)9-13/h1,10H,4-9H2,2H3,(H2,12,15). The van der Waals surface area contributed by atoms with Gasteiger partial charge in [0.05, 0.1) is 0 Å². The number of carbonyl (C=O) groups excluding carboxylic acids is 1. The molecule has 0 aromatic rings. The van der Waals surface area contributed by atoms with Crippen molar-refractivity contribution >= 4 is 6.03 Å². The van der Waals surface area contributed by atoms with Crippen molar-refractivity contribution in [3.8, 4) is 12.3 Å². The Bertz CT molecular complexity index is 259. The lowest BCUT2D eigenvalue weighted by atomic mass is 10.2. The van der Waals surface area contributed by atoms with E-state index in [4.69, 9.17) is 12.2 Å². The molecule has 0 radical (unpaired) electrons.